The predicted molar refractivity (Wildman–Crippen MR) is 97.3 cm³/mol. The Bertz CT molecular complexity index is 673. The van der Waals surface area contributed by atoms with Crippen LogP contribution in [0.2, 0.25) is 0 Å². The smallest absolute Gasteiger partial charge is 0.257 e. The van der Waals surface area contributed by atoms with Crippen molar-refractivity contribution in [3.63, 3.8) is 0 Å². The van der Waals surface area contributed by atoms with E-state index in [2.05, 4.69) is 0 Å². The summed E-state index contributed by atoms with van der Waals surface area (Å²) in [5.41, 5.74) is 8.71. The van der Waals surface area contributed by atoms with Gasteiger partial charge in [-0.25, -0.2) is 0 Å². The van der Waals surface area contributed by atoms with Crippen molar-refractivity contribution in [1.29, 1.82) is 0 Å². The van der Waals surface area contributed by atoms with Crippen molar-refractivity contribution >= 4 is 22.2 Å². The first-order valence-electron chi connectivity index (χ1n) is 7.94. The summed E-state index contributed by atoms with van der Waals surface area (Å²) in [5.74, 6) is 0.828. The topological polar surface area (TPSA) is 55.6 Å². The van der Waals surface area contributed by atoms with Crippen LogP contribution in [0.4, 0.5) is 5.00 Å². The third-order valence-electron chi connectivity index (χ3n) is 3.83. The molecule has 1 amide bonds. The molecule has 0 bridgehead atoms. The number of nitrogen functional groups attached to an aromatic ring is 1. The van der Waals surface area contributed by atoms with Crippen LogP contribution >= 0.6 is 11.3 Å². The molecule has 0 fully saturated rings. The number of nitrogens with zero attached hydrogens (tertiary/aromatic N) is 1. The molecule has 4 nitrogen and oxygen atoms in total. The lowest BCUT2D eigenvalue weighted by atomic mass is 10.0. The molecule has 2 rings (SSSR count). The van der Waals surface area contributed by atoms with Gasteiger partial charge in [-0.1, -0.05) is 12.1 Å². The summed E-state index contributed by atoms with van der Waals surface area (Å²) in [6.45, 7) is 9.90. The van der Waals surface area contributed by atoms with E-state index in [1.54, 1.807) is 4.90 Å². The fourth-order valence-electron chi connectivity index (χ4n) is 2.68. The van der Waals surface area contributed by atoms with Gasteiger partial charge < -0.3 is 15.4 Å². The molecule has 0 atom stereocenters. The number of aryl methyl sites for hydroxylation is 1. The van der Waals surface area contributed by atoms with Gasteiger partial charge in [-0.05, 0) is 45.4 Å². The zero-order valence-corrected chi connectivity index (χ0v) is 15.0. The Balaban J connectivity index is 2.48. The molecule has 0 aliphatic rings. The van der Waals surface area contributed by atoms with Crippen molar-refractivity contribution in [1.82, 2.24) is 4.90 Å². The van der Waals surface area contributed by atoms with Crippen LogP contribution in [0.5, 0.6) is 5.75 Å². The second-order valence-electron chi connectivity index (χ2n) is 5.21. The summed E-state index contributed by atoms with van der Waals surface area (Å²) in [7, 11) is 0. The van der Waals surface area contributed by atoms with E-state index in [0.717, 1.165) is 21.8 Å². The molecule has 0 saturated carbocycles. The normalized spacial score (nSPS) is 10.6. The first-order valence-corrected chi connectivity index (χ1v) is 8.76. The Labute approximate surface area is 141 Å². The van der Waals surface area contributed by atoms with Crippen LogP contribution in [-0.4, -0.2) is 30.5 Å². The van der Waals surface area contributed by atoms with E-state index >= 15 is 0 Å². The van der Waals surface area contributed by atoms with Crippen molar-refractivity contribution in [3.8, 4) is 16.9 Å². The maximum Gasteiger partial charge on any atom is 0.257 e. The van der Waals surface area contributed by atoms with Crippen LogP contribution in [0.15, 0.2) is 24.3 Å². The molecular formula is C18H24N2O2S. The minimum atomic E-state index is 0.000680. The lowest BCUT2D eigenvalue weighted by Crippen LogP contribution is -2.31. The van der Waals surface area contributed by atoms with Crippen molar-refractivity contribution in [2.45, 2.75) is 27.7 Å². The Morgan fingerprint density at radius 2 is 1.78 bits per heavy atom. The zero-order chi connectivity index (χ0) is 17.0. The number of benzene rings is 1. The number of carbonyl (C=O) groups excluding carboxylic acids is 1. The number of ether oxygens (including phenoxy) is 1. The van der Waals surface area contributed by atoms with Gasteiger partial charge in [0.05, 0.1) is 17.2 Å². The van der Waals surface area contributed by atoms with Gasteiger partial charge in [-0.15, -0.1) is 11.3 Å². The molecule has 2 aromatic rings. The van der Waals surface area contributed by atoms with Gasteiger partial charge in [0.2, 0.25) is 0 Å². The van der Waals surface area contributed by atoms with E-state index in [1.165, 1.54) is 11.3 Å². The van der Waals surface area contributed by atoms with E-state index in [1.807, 2.05) is 52.0 Å². The highest BCUT2D eigenvalue weighted by molar-refractivity contribution is 7.16. The maximum atomic E-state index is 12.8. The lowest BCUT2D eigenvalue weighted by molar-refractivity contribution is 0.0775. The molecule has 5 heteroatoms. The number of thiophene rings is 1. The van der Waals surface area contributed by atoms with E-state index in [-0.39, 0.29) is 5.91 Å². The van der Waals surface area contributed by atoms with Crippen LogP contribution in [0.1, 0.15) is 36.0 Å². The van der Waals surface area contributed by atoms with Crippen LogP contribution in [0, 0.1) is 6.92 Å². The molecule has 1 aromatic carbocycles. The average molecular weight is 332 g/mol. The lowest BCUT2D eigenvalue weighted by Gasteiger charge is -2.19. The van der Waals surface area contributed by atoms with Crippen LogP contribution < -0.4 is 10.5 Å². The van der Waals surface area contributed by atoms with Crippen molar-refractivity contribution in [2.75, 3.05) is 25.4 Å². The first kappa shape index (κ1) is 17.3. The minimum Gasteiger partial charge on any atom is -0.494 e. The van der Waals surface area contributed by atoms with Crippen molar-refractivity contribution in [3.05, 3.63) is 34.7 Å². The first-order chi connectivity index (χ1) is 11.0. The number of nitrogens with two attached hydrogens (primary N) is 1. The highest BCUT2D eigenvalue weighted by atomic mass is 32.1. The summed E-state index contributed by atoms with van der Waals surface area (Å²) in [6.07, 6.45) is 0. The monoisotopic (exact) mass is 332 g/mol. The van der Waals surface area contributed by atoms with E-state index in [4.69, 9.17) is 10.5 Å². The summed E-state index contributed by atoms with van der Waals surface area (Å²) >= 11 is 1.47. The average Bonchev–Trinajstić information content (AvgIpc) is 2.84. The fraction of sp³-hybridized carbons (Fsp3) is 0.389. The number of hydrogen-bond donors (Lipinski definition) is 1. The Hall–Kier alpha value is -2.01. The summed E-state index contributed by atoms with van der Waals surface area (Å²) < 4.78 is 5.49. The van der Waals surface area contributed by atoms with E-state index < -0.39 is 0 Å². The largest absolute Gasteiger partial charge is 0.494 e. The van der Waals surface area contributed by atoms with Gasteiger partial charge in [0.25, 0.3) is 5.91 Å². The molecular weight excluding hydrogens is 308 g/mol. The van der Waals surface area contributed by atoms with Crippen LogP contribution in [-0.2, 0) is 0 Å². The molecule has 0 saturated heterocycles. The Kier molecular flexibility index (Phi) is 5.66. The highest BCUT2D eigenvalue weighted by Crippen LogP contribution is 2.39. The molecule has 0 aliphatic carbocycles. The summed E-state index contributed by atoms with van der Waals surface area (Å²) in [5, 5.41) is 0.586. The molecule has 1 heterocycles. The molecule has 124 valence electrons. The van der Waals surface area contributed by atoms with Gasteiger partial charge in [-0.2, -0.15) is 0 Å². The van der Waals surface area contributed by atoms with Gasteiger partial charge in [0.1, 0.15) is 5.75 Å². The minimum absolute atomic E-state index is 0.000680. The standard InChI is InChI=1S/C18H24N2O2S/c1-5-20(6-2)18(21)16-15(12(4)23-17(16)19)13-8-10-14(11-9-13)22-7-3/h8-11H,5-7,19H2,1-4H3. The number of anilines is 1. The third kappa shape index (κ3) is 3.50. The molecule has 0 aliphatic heterocycles. The Morgan fingerprint density at radius 3 is 2.30 bits per heavy atom. The second kappa shape index (κ2) is 7.51. The van der Waals surface area contributed by atoms with E-state index in [0.29, 0.717) is 30.3 Å². The zero-order valence-electron chi connectivity index (χ0n) is 14.2. The number of hydrogen-bond acceptors (Lipinski definition) is 4. The molecule has 0 unspecified atom stereocenters. The molecule has 0 spiro atoms. The van der Waals surface area contributed by atoms with Crippen LogP contribution in [0.25, 0.3) is 11.1 Å². The highest BCUT2D eigenvalue weighted by Gasteiger charge is 2.24. The SMILES string of the molecule is CCOc1ccc(-c2c(C)sc(N)c2C(=O)N(CC)CC)cc1. The van der Waals surface area contributed by atoms with Crippen LogP contribution in [0.3, 0.4) is 0 Å². The third-order valence-corrected chi connectivity index (χ3v) is 4.76. The van der Waals surface area contributed by atoms with Gasteiger partial charge in [0, 0.05) is 23.5 Å². The van der Waals surface area contributed by atoms with Crippen molar-refractivity contribution in [2.24, 2.45) is 0 Å². The maximum absolute atomic E-state index is 12.8. The quantitative estimate of drug-likeness (QED) is 0.863. The Morgan fingerprint density at radius 1 is 1.17 bits per heavy atom. The molecule has 23 heavy (non-hydrogen) atoms. The van der Waals surface area contributed by atoms with Gasteiger partial charge in [-0.3, -0.25) is 4.79 Å². The molecule has 2 N–H and O–H groups in total. The van der Waals surface area contributed by atoms with E-state index in [9.17, 15) is 4.79 Å². The number of carbonyl (C=O) groups is 1. The van der Waals surface area contributed by atoms with Gasteiger partial charge in [0.15, 0.2) is 0 Å². The predicted octanol–water partition coefficient (Wildman–Crippen LogP) is 4.19. The fourth-order valence-corrected chi connectivity index (χ4v) is 3.62. The number of amides is 1. The van der Waals surface area contributed by atoms with Crippen molar-refractivity contribution < 1.29 is 9.53 Å². The second-order valence-corrected chi connectivity index (χ2v) is 6.46. The van der Waals surface area contributed by atoms with Gasteiger partial charge >= 0.3 is 0 Å². The molecule has 0 radical (unpaired) electrons. The number of rotatable bonds is 6. The summed E-state index contributed by atoms with van der Waals surface area (Å²) in [4.78, 5) is 15.7. The summed E-state index contributed by atoms with van der Waals surface area (Å²) in [6, 6.07) is 7.83. The molecule has 1 aromatic heterocycles.